The molecule has 0 radical (unpaired) electrons. The summed E-state index contributed by atoms with van der Waals surface area (Å²) in [5.74, 6) is 0.416. The summed E-state index contributed by atoms with van der Waals surface area (Å²) < 4.78 is 2.02. The maximum atomic E-state index is 10.7. The summed E-state index contributed by atoms with van der Waals surface area (Å²) in [5, 5.41) is 22.0. The average molecular weight is 311 g/mol. The summed E-state index contributed by atoms with van der Waals surface area (Å²) in [5.41, 5.74) is 2.24. The van der Waals surface area contributed by atoms with E-state index in [1.807, 2.05) is 11.5 Å². The van der Waals surface area contributed by atoms with Crippen LogP contribution in [-0.2, 0) is 11.3 Å². The monoisotopic (exact) mass is 311 g/mol. The third-order valence-electron chi connectivity index (χ3n) is 2.69. The van der Waals surface area contributed by atoms with Gasteiger partial charge < -0.3 is 9.67 Å². The minimum absolute atomic E-state index is 0.00114. The SMILES string of the molecule is Cc1cscc1-c1nnc(SCC(=O)O)n1CC(C)C. The molecule has 0 aliphatic carbocycles. The van der Waals surface area contributed by atoms with Gasteiger partial charge in [0.1, 0.15) is 0 Å². The molecule has 0 saturated heterocycles. The number of hydrogen-bond donors (Lipinski definition) is 1. The van der Waals surface area contributed by atoms with Gasteiger partial charge in [-0.3, -0.25) is 4.79 Å². The number of thioether (sulfide) groups is 1. The highest BCUT2D eigenvalue weighted by molar-refractivity contribution is 7.99. The molecule has 0 atom stereocenters. The predicted molar refractivity (Wildman–Crippen MR) is 81.3 cm³/mol. The number of carbonyl (C=O) groups is 1. The molecule has 2 rings (SSSR count). The van der Waals surface area contributed by atoms with E-state index in [1.165, 1.54) is 17.3 Å². The maximum Gasteiger partial charge on any atom is 0.313 e. The Kier molecular flexibility index (Phi) is 4.82. The van der Waals surface area contributed by atoms with Crippen molar-refractivity contribution in [3.8, 4) is 11.4 Å². The summed E-state index contributed by atoms with van der Waals surface area (Å²) in [7, 11) is 0. The van der Waals surface area contributed by atoms with Crippen LogP contribution in [0.25, 0.3) is 11.4 Å². The summed E-state index contributed by atoms with van der Waals surface area (Å²) in [6, 6.07) is 0. The number of thiophene rings is 1. The smallest absolute Gasteiger partial charge is 0.313 e. The molecular weight excluding hydrogens is 294 g/mol. The summed E-state index contributed by atoms with van der Waals surface area (Å²) in [4.78, 5) is 10.7. The maximum absolute atomic E-state index is 10.7. The van der Waals surface area contributed by atoms with Crippen LogP contribution in [0.5, 0.6) is 0 Å². The van der Waals surface area contributed by atoms with Crippen molar-refractivity contribution in [2.24, 2.45) is 5.92 Å². The van der Waals surface area contributed by atoms with Gasteiger partial charge in [0.15, 0.2) is 11.0 Å². The van der Waals surface area contributed by atoms with Crippen LogP contribution in [0.15, 0.2) is 15.9 Å². The van der Waals surface area contributed by atoms with Gasteiger partial charge in [-0.2, -0.15) is 11.3 Å². The third kappa shape index (κ3) is 3.40. The molecule has 0 amide bonds. The van der Waals surface area contributed by atoms with E-state index in [4.69, 9.17) is 5.11 Å². The lowest BCUT2D eigenvalue weighted by Gasteiger charge is -2.11. The second-order valence-corrected chi connectivity index (χ2v) is 6.65. The van der Waals surface area contributed by atoms with Crippen LogP contribution in [-0.4, -0.2) is 31.6 Å². The number of hydrogen-bond acceptors (Lipinski definition) is 5. The molecule has 0 spiro atoms. The summed E-state index contributed by atoms with van der Waals surface area (Å²) in [6.07, 6.45) is 0. The highest BCUT2D eigenvalue weighted by Crippen LogP contribution is 2.29. The Labute approximate surface area is 126 Å². The molecule has 7 heteroatoms. The van der Waals surface area contributed by atoms with Crippen molar-refractivity contribution < 1.29 is 9.90 Å². The van der Waals surface area contributed by atoms with E-state index in [1.54, 1.807) is 11.3 Å². The molecule has 0 saturated carbocycles. The van der Waals surface area contributed by atoms with Crippen LogP contribution in [0.4, 0.5) is 0 Å². The van der Waals surface area contributed by atoms with Gasteiger partial charge in [0.05, 0.1) is 5.75 Å². The molecule has 0 aliphatic rings. The first-order valence-corrected chi connectivity index (χ1v) is 8.22. The third-order valence-corrected chi connectivity index (χ3v) is 4.50. The van der Waals surface area contributed by atoms with E-state index in [0.29, 0.717) is 11.1 Å². The van der Waals surface area contributed by atoms with Crippen molar-refractivity contribution in [2.45, 2.75) is 32.5 Å². The van der Waals surface area contributed by atoms with Crippen LogP contribution in [0, 0.1) is 12.8 Å². The molecule has 0 unspecified atom stereocenters. The van der Waals surface area contributed by atoms with Gasteiger partial charge in [-0.25, -0.2) is 0 Å². The fourth-order valence-corrected chi connectivity index (χ4v) is 3.33. The Balaban J connectivity index is 2.37. The van der Waals surface area contributed by atoms with Gasteiger partial charge in [-0.15, -0.1) is 10.2 Å². The molecule has 0 aliphatic heterocycles. The van der Waals surface area contributed by atoms with Gasteiger partial charge in [0.2, 0.25) is 0 Å². The zero-order valence-corrected chi connectivity index (χ0v) is 13.3. The van der Waals surface area contributed by atoms with E-state index >= 15 is 0 Å². The van der Waals surface area contributed by atoms with Gasteiger partial charge >= 0.3 is 5.97 Å². The predicted octanol–water partition coefficient (Wildman–Crippen LogP) is 3.15. The number of aryl methyl sites for hydroxylation is 1. The molecule has 2 aromatic rings. The Morgan fingerprint density at radius 2 is 2.20 bits per heavy atom. The number of rotatable bonds is 6. The quantitative estimate of drug-likeness (QED) is 0.830. The lowest BCUT2D eigenvalue weighted by Crippen LogP contribution is -2.09. The van der Waals surface area contributed by atoms with E-state index in [2.05, 4.69) is 34.8 Å². The van der Waals surface area contributed by atoms with Crippen molar-refractivity contribution in [1.82, 2.24) is 14.8 Å². The molecule has 0 fully saturated rings. The largest absolute Gasteiger partial charge is 0.481 e. The Bertz CT molecular complexity index is 605. The average Bonchev–Trinajstić information content (AvgIpc) is 2.92. The van der Waals surface area contributed by atoms with Crippen LogP contribution in [0.3, 0.4) is 0 Å². The normalized spacial score (nSPS) is 11.2. The molecule has 108 valence electrons. The Morgan fingerprint density at radius 3 is 2.75 bits per heavy atom. The van der Waals surface area contributed by atoms with Crippen LogP contribution >= 0.6 is 23.1 Å². The van der Waals surface area contributed by atoms with Gasteiger partial charge in [-0.1, -0.05) is 25.6 Å². The first-order chi connectivity index (χ1) is 9.49. The summed E-state index contributed by atoms with van der Waals surface area (Å²) in [6.45, 7) is 7.07. The van der Waals surface area contributed by atoms with Gasteiger partial charge in [0, 0.05) is 17.5 Å². The lowest BCUT2D eigenvalue weighted by atomic mass is 10.2. The minimum Gasteiger partial charge on any atom is -0.481 e. The van der Waals surface area contributed by atoms with Crippen molar-refractivity contribution in [2.75, 3.05) is 5.75 Å². The molecule has 2 heterocycles. The standard InChI is InChI=1S/C13H17N3O2S2/c1-8(2)4-16-12(10-6-19-5-9(10)3)14-15-13(16)20-7-11(17)18/h5-6,8H,4,7H2,1-3H3,(H,17,18). The lowest BCUT2D eigenvalue weighted by molar-refractivity contribution is -0.133. The molecule has 5 nitrogen and oxygen atoms in total. The zero-order chi connectivity index (χ0) is 14.7. The van der Waals surface area contributed by atoms with E-state index in [-0.39, 0.29) is 5.75 Å². The van der Waals surface area contributed by atoms with Crippen molar-refractivity contribution in [3.05, 3.63) is 16.3 Å². The number of carboxylic acid groups (broad SMARTS) is 1. The van der Waals surface area contributed by atoms with Crippen molar-refractivity contribution in [1.29, 1.82) is 0 Å². The van der Waals surface area contributed by atoms with E-state index < -0.39 is 5.97 Å². The minimum atomic E-state index is -0.845. The highest BCUT2D eigenvalue weighted by atomic mass is 32.2. The first-order valence-electron chi connectivity index (χ1n) is 6.30. The molecule has 0 aromatic carbocycles. The molecular formula is C13H17N3O2S2. The van der Waals surface area contributed by atoms with Gasteiger partial charge in [-0.05, 0) is 23.8 Å². The molecule has 20 heavy (non-hydrogen) atoms. The van der Waals surface area contributed by atoms with Crippen LogP contribution in [0.2, 0.25) is 0 Å². The van der Waals surface area contributed by atoms with Crippen LogP contribution < -0.4 is 0 Å². The van der Waals surface area contributed by atoms with E-state index in [0.717, 1.165) is 17.9 Å². The number of aliphatic carboxylic acids is 1. The fraction of sp³-hybridized carbons (Fsp3) is 0.462. The van der Waals surface area contributed by atoms with Crippen LogP contribution in [0.1, 0.15) is 19.4 Å². The second kappa shape index (κ2) is 6.41. The fourth-order valence-electron chi connectivity index (χ4n) is 1.84. The number of carboxylic acids is 1. The molecule has 0 bridgehead atoms. The Morgan fingerprint density at radius 1 is 1.45 bits per heavy atom. The molecule has 1 N–H and O–H groups in total. The highest BCUT2D eigenvalue weighted by Gasteiger charge is 2.17. The Hall–Kier alpha value is -1.34. The number of nitrogens with zero attached hydrogens (tertiary/aromatic N) is 3. The number of aromatic nitrogens is 3. The summed E-state index contributed by atoms with van der Waals surface area (Å²) >= 11 is 2.85. The molecule has 2 aromatic heterocycles. The second-order valence-electron chi connectivity index (χ2n) is 4.96. The topological polar surface area (TPSA) is 68.0 Å². The van der Waals surface area contributed by atoms with Crippen molar-refractivity contribution >= 4 is 29.1 Å². The zero-order valence-electron chi connectivity index (χ0n) is 11.7. The van der Waals surface area contributed by atoms with Crippen molar-refractivity contribution in [3.63, 3.8) is 0 Å². The van der Waals surface area contributed by atoms with E-state index in [9.17, 15) is 4.79 Å². The van der Waals surface area contributed by atoms with Gasteiger partial charge in [0.25, 0.3) is 0 Å². The first kappa shape index (κ1) is 15.1.